The van der Waals surface area contributed by atoms with E-state index in [1.807, 2.05) is 61.5 Å². The smallest absolute Gasteiger partial charge is 0.247 e. The highest BCUT2D eigenvalue weighted by Crippen LogP contribution is 2.25. The van der Waals surface area contributed by atoms with Crippen LogP contribution in [0.1, 0.15) is 42.5 Å². The van der Waals surface area contributed by atoms with Crippen LogP contribution in [-0.4, -0.2) is 30.4 Å². The average molecular weight is 463 g/mol. The number of methoxy groups -OCH3 is 1. The highest BCUT2D eigenvalue weighted by molar-refractivity contribution is 5.88. The molecule has 0 radical (unpaired) electrons. The Morgan fingerprint density at radius 2 is 1.59 bits per heavy atom. The number of benzene rings is 3. The summed E-state index contributed by atoms with van der Waals surface area (Å²) in [7, 11) is 1.62. The van der Waals surface area contributed by atoms with Crippen LogP contribution in [0.2, 0.25) is 0 Å². The van der Waals surface area contributed by atoms with E-state index in [0.717, 1.165) is 22.4 Å². The second-order valence-electron chi connectivity index (χ2n) is 8.10. The summed E-state index contributed by atoms with van der Waals surface area (Å²) in [5.74, 6) is 0.0751. The van der Waals surface area contributed by atoms with Crippen LogP contribution in [0.3, 0.4) is 0 Å². The molecule has 1 N–H and O–H groups in total. The second-order valence-corrected chi connectivity index (χ2v) is 8.10. The van der Waals surface area contributed by atoms with E-state index in [1.165, 1.54) is 12.1 Å². The number of hydrogen-bond acceptors (Lipinski definition) is 3. The number of carbonyl (C=O) groups is 2. The van der Waals surface area contributed by atoms with Gasteiger partial charge in [0.05, 0.1) is 7.11 Å². The Morgan fingerprint density at radius 1 is 0.941 bits per heavy atom. The summed E-state index contributed by atoms with van der Waals surface area (Å²) in [5, 5.41) is 3.01. The average Bonchev–Trinajstić information content (AvgIpc) is 2.86. The van der Waals surface area contributed by atoms with Crippen LogP contribution in [0, 0.1) is 5.82 Å². The lowest BCUT2D eigenvalue weighted by Crippen LogP contribution is -2.43. The van der Waals surface area contributed by atoms with Crippen molar-refractivity contribution in [3.63, 3.8) is 0 Å². The number of rotatable bonds is 11. The fraction of sp³-hybridized carbons (Fsp3) is 0.286. The molecule has 0 saturated carbocycles. The van der Waals surface area contributed by atoms with Gasteiger partial charge >= 0.3 is 0 Å². The Hall–Kier alpha value is -3.67. The summed E-state index contributed by atoms with van der Waals surface area (Å²) in [5.41, 5.74) is 2.57. The van der Waals surface area contributed by atoms with Crippen molar-refractivity contribution in [2.45, 2.75) is 38.8 Å². The van der Waals surface area contributed by atoms with Crippen molar-refractivity contribution in [2.75, 3.05) is 13.7 Å². The Morgan fingerprint density at radius 3 is 2.21 bits per heavy atom. The van der Waals surface area contributed by atoms with Crippen LogP contribution in [-0.2, 0) is 22.6 Å². The number of halogens is 1. The van der Waals surface area contributed by atoms with Gasteiger partial charge in [0.25, 0.3) is 0 Å². The quantitative estimate of drug-likeness (QED) is 0.433. The van der Waals surface area contributed by atoms with Gasteiger partial charge in [-0.25, -0.2) is 4.39 Å². The number of amides is 2. The van der Waals surface area contributed by atoms with Gasteiger partial charge in [-0.05, 0) is 53.8 Å². The zero-order valence-corrected chi connectivity index (χ0v) is 19.7. The van der Waals surface area contributed by atoms with Gasteiger partial charge in [0.15, 0.2) is 0 Å². The van der Waals surface area contributed by atoms with Crippen molar-refractivity contribution < 1.29 is 18.7 Å². The molecule has 5 nitrogen and oxygen atoms in total. The molecule has 34 heavy (non-hydrogen) atoms. The SMILES string of the molecule is CCCC(=O)N(Cc1ccc(F)cc1)C(C(=O)NCCc1ccc(OC)cc1)c1ccccc1. The summed E-state index contributed by atoms with van der Waals surface area (Å²) in [6.07, 6.45) is 1.64. The standard InChI is InChI=1S/C28H31FN2O3/c1-3-7-26(32)31(20-22-10-14-24(29)15-11-22)27(23-8-5-4-6-9-23)28(33)30-19-18-21-12-16-25(34-2)17-13-21/h4-6,8-17,27H,3,7,18-20H2,1-2H3,(H,30,33). The molecule has 0 bridgehead atoms. The number of nitrogens with zero attached hydrogens (tertiary/aromatic N) is 1. The minimum absolute atomic E-state index is 0.119. The zero-order chi connectivity index (χ0) is 24.3. The van der Waals surface area contributed by atoms with Crippen LogP contribution in [0.15, 0.2) is 78.9 Å². The van der Waals surface area contributed by atoms with Gasteiger partial charge in [-0.2, -0.15) is 0 Å². The van der Waals surface area contributed by atoms with Crippen molar-refractivity contribution in [3.05, 3.63) is 101 Å². The summed E-state index contributed by atoms with van der Waals surface area (Å²) >= 11 is 0. The van der Waals surface area contributed by atoms with Crippen LogP contribution in [0.4, 0.5) is 4.39 Å². The van der Waals surface area contributed by atoms with Crippen molar-refractivity contribution in [1.29, 1.82) is 0 Å². The topological polar surface area (TPSA) is 58.6 Å². The molecule has 3 aromatic carbocycles. The van der Waals surface area contributed by atoms with Gasteiger partial charge < -0.3 is 15.0 Å². The monoisotopic (exact) mass is 462 g/mol. The van der Waals surface area contributed by atoms with E-state index in [-0.39, 0.29) is 24.2 Å². The number of hydrogen-bond donors (Lipinski definition) is 1. The third kappa shape index (κ3) is 6.91. The van der Waals surface area contributed by atoms with Crippen molar-refractivity contribution >= 4 is 11.8 Å². The highest BCUT2D eigenvalue weighted by Gasteiger charge is 2.31. The van der Waals surface area contributed by atoms with E-state index >= 15 is 0 Å². The first-order valence-electron chi connectivity index (χ1n) is 11.5. The third-order valence-electron chi connectivity index (χ3n) is 5.60. The minimum atomic E-state index is -0.791. The summed E-state index contributed by atoms with van der Waals surface area (Å²) < 4.78 is 18.6. The van der Waals surface area contributed by atoms with E-state index in [2.05, 4.69) is 5.32 Å². The Labute approximate surface area is 200 Å². The normalized spacial score (nSPS) is 11.5. The molecule has 6 heteroatoms. The molecule has 1 unspecified atom stereocenters. The van der Waals surface area contributed by atoms with E-state index in [4.69, 9.17) is 4.74 Å². The molecule has 0 aromatic heterocycles. The van der Waals surface area contributed by atoms with Gasteiger partial charge in [-0.1, -0.05) is 61.5 Å². The lowest BCUT2D eigenvalue weighted by molar-refractivity contribution is -0.141. The fourth-order valence-electron chi connectivity index (χ4n) is 3.79. The van der Waals surface area contributed by atoms with Gasteiger partial charge in [0.1, 0.15) is 17.6 Å². The predicted octanol–water partition coefficient (Wildman–Crippen LogP) is 5.06. The molecule has 0 heterocycles. The van der Waals surface area contributed by atoms with Crippen LogP contribution < -0.4 is 10.1 Å². The summed E-state index contributed by atoms with van der Waals surface area (Å²) in [6.45, 7) is 2.58. The summed E-state index contributed by atoms with van der Waals surface area (Å²) in [6, 6.07) is 22.2. The molecule has 0 aliphatic rings. The molecule has 3 aromatic rings. The lowest BCUT2D eigenvalue weighted by atomic mass is 10.0. The van der Waals surface area contributed by atoms with Crippen molar-refractivity contribution in [1.82, 2.24) is 10.2 Å². The Bertz CT molecular complexity index is 1050. The van der Waals surface area contributed by atoms with E-state index in [9.17, 15) is 14.0 Å². The van der Waals surface area contributed by atoms with E-state index < -0.39 is 6.04 Å². The first kappa shape index (κ1) is 25.0. The highest BCUT2D eigenvalue weighted by atomic mass is 19.1. The molecule has 0 aliphatic heterocycles. The molecule has 0 aliphatic carbocycles. The van der Waals surface area contributed by atoms with Crippen LogP contribution in [0.25, 0.3) is 0 Å². The first-order chi connectivity index (χ1) is 16.5. The Kier molecular flexibility index (Phi) is 9.21. The molecule has 0 saturated heterocycles. The lowest BCUT2D eigenvalue weighted by Gasteiger charge is -2.31. The maximum absolute atomic E-state index is 13.4. The number of ether oxygens (including phenoxy) is 1. The van der Waals surface area contributed by atoms with Crippen molar-refractivity contribution in [2.24, 2.45) is 0 Å². The van der Waals surface area contributed by atoms with Gasteiger partial charge in [0.2, 0.25) is 11.8 Å². The molecular weight excluding hydrogens is 431 g/mol. The Balaban J connectivity index is 1.81. The number of nitrogens with one attached hydrogen (secondary N) is 1. The maximum Gasteiger partial charge on any atom is 0.247 e. The molecule has 1 atom stereocenters. The molecule has 178 valence electrons. The zero-order valence-electron chi connectivity index (χ0n) is 19.7. The van der Waals surface area contributed by atoms with Gasteiger partial charge in [-0.3, -0.25) is 9.59 Å². The van der Waals surface area contributed by atoms with E-state index in [0.29, 0.717) is 25.8 Å². The molecular formula is C28H31FN2O3. The molecule has 0 spiro atoms. The van der Waals surface area contributed by atoms with Gasteiger partial charge in [0, 0.05) is 19.5 Å². The summed E-state index contributed by atoms with van der Waals surface area (Å²) in [4.78, 5) is 28.2. The van der Waals surface area contributed by atoms with Gasteiger partial charge in [-0.15, -0.1) is 0 Å². The second kappa shape index (κ2) is 12.5. The largest absolute Gasteiger partial charge is 0.497 e. The first-order valence-corrected chi connectivity index (χ1v) is 11.5. The van der Waals surface area contributed by atoms with Crippen molar-refractivity contribution in [3.8, 4) is 5.75 Å². The molecule has 0 fully saturated rings. The van der Waals surface area contributed by atoms with E-state index in [1.54, 1.807) is 24.1 Å². The minimum Gasteiger partial charge on any atom is -0.497 e. The third-order valence-corrected chi connectivity index (χ3v) is 5.60. The fourth-order valence-corrected chi connectivity index (χ4v) is 3.79. The van der Waals surface area contributed by atoms with Crippen LogP contribution >= 0.6 is 0 Å². The molecule has 2 amide bonds. The number of carbonyl (C=O) groups excluding carboxylic acids is 2. The predicted molar refractivity (Wildman–Crippen MR) is 131 cm³/mol. The maximum atomic E-state index is 13.4. The molecule has 3 rings (SSSR count). The van der Waals surface area contributed by atoms with Crippen LogP contribution in [0.5, 0.6) is 5.75 Å².